The third-order valence-electron chi connectivity index (χ3n) is 4.19. The highest BCUT2D eigenvalue weighted by Crippen LogP contribution is 2.25. The molecular weight excluding hydrogens is 241 g/mol. The van der Waals surface area contributed by atoms with Crippen LogP contribution in [0.3, 0.4) is 0 Å². The summed E-state index contributed by atoms with van der Waals surface area (Å²) in [5, 5.41) is 10.1. The highest BCUT2D eigenvalue weighted by atomic mass is 19.1. The third kappa shape index (κ3) is 4.02. The van der Waals surface area contributed by atoms with Crippen LogP contribution in [0.15, 0.2) is 24.3 Å². The van der Waals surface area contributed by atoms with Gasteiger partial charge in [-0.25, -0.2) is 4.39 Å². The van der Waals surface area contributed by atoms with Gasteiger partial charge in [0.2, 0.25) is 0 Å². The summed E-state index contributed by atoms with van der Waals surface area (Å²) in [6.07, 6.45) is 5.48. The van der Waals surface area contributed by atoms with Crippen LogP contribution >= 0.6 is 0 Å². The van der Waals surface area contributed by atoms with Crippen LogP contribution in [-0.4, -0.2) is 29.1 Å². The van der Waals surface area contributed by atoms with Crippen molar-refractivity contribution in [2.24, 2.45) is 0 Å². The highest BCUT2D eigenvalue weighted by Gasteiger charge is 2.21. The summed E-state index contributed by atoms with van der Waals surface area (Å²) in [7, 11) is 0. The molecule has 1 aliphatic rings. The van der Waals surface area contributed by atoms with Crippen molar-refractivity contribution in [3.8, 4) is 0 Å². The molecule has 1 aliphatic carbocycles. The van der Waals surface area contributed by atoms with Crippen LogP contribution in [0.2, 0.25) is 0 Å². The predicted octanol–water partition coefficient (Wildman–Crippen LogP) is 3.51. The molecule has 0 spiro atoms. The van der Waals surface area contributed by atoms with E-state index in [1.807, 2.05) is 0 Å². The van der Waals surface area contributed by atoms with Crippen LogP contribution in [0.25, 0.3) is 0 Å². The molecule has 19 heavy (non-hydrogen) atoms. The number of aliphatic hydroxyl groups is 1. The SMILES string of the molecule is CCN(CCC(O)c1ccc(F)cc1)C1CCCC1. The number of hydrogen-bond acceptors (Lipinski definition) is 2. The van der Waals surface area contributed by atoms with Crippen molar-refractivity contribution in [1.29, 1.82) is 0 Å². The molecule has 1 N–H and O–H groups in total. The highest BCUT2D eigenvalue weighted by molar-refractivity contribution is 5.18. The van der Waals surface area contributed by atoms with E-state index < -0.39 is 6.10 Å². The van der Waals surface area contributed by atoms with Crippen molar-refractivity contribution >= 4 is 0 Å². The summed E-state index contributed by atoms with van der Waals surface area (Å²) >= 11 is 0. The zero-order chi connectivity index (χ0) is 13.7. The Bertz CT molecular complexity index is 373. The van der Waals surface area contributed by atoms with Crippen molar-refractivity contribution in [2.45, 2.75) is 51.2 Å². The van der Waals surface area contributed by atoms with E-state index in [4.69, 9.17) is 0 Å². The van der Waals surface area contributed by atoms with Crippen LogP contribution in [0.5, 0.6) is 0 Å². The minimum absolute atomic E-state index is 0.253. The Hall–Kier alpha value is -0.930. The Morgan fingerprint density at radius 1 is 1.26 bits per heavy atom. The van der Waals surface area contributed by atoms with E-state index >= 15 is 0 Å². The summed E-state index contributed by atoms with van der Waals surface area (Å²) in [4.78, 5) is 2.47. The first-order chi connectivity index (χ1) is 9.20. The zero-order valence-electron chi connectivity index (χ0n) is 11.7. The smallest absolute Gasteiger partial charge is 0.123 e. The molecule has 1 aromatic carbocycles. The van der Waals surface area contributed by atoms with Gasteiger partial charge in [-0.05, 0) is 43.5 Å². The maximum atomic E-state index is 12.8. The van der Waals surface area contributed by atoms with E-state index in [1.165, 1.54) is 37.8 Å². The number of benzene rings is 1. The first-order valence-electron chi connectivity index (χ1n) is 7.38. The van der Waals surface area contributed by atoms with Crippen molar-refractivity contribution in [1.82, 2.24) is 4.90 Å². The van der Waals surface area contributed by atoms with Gasteiger partial charge in [-0.2, -0.15) is 0 Å². The average Bonchev–Trinajstić information content (AvgIpc) is 2.94. The van der Waals surface area contributed by atoms with Gasteiger partial charge in [0.25, 0.3) is 0 Å². The normalized spacial score (nSPS) is 18.1. The summed E-state index contributed by atoms with van der Waals surface area (Å²) in [6, 6.07) is 6.86. The van der Waals surface area contributed by atoms with E-state index in [2.05, 4.69) is 11.8 Å². The fraction of sp³-hybridized carbons (Fsp3) is 0.625. The quantitative estimate of drug-likeness (QED) is 0.850. The van der Waals surface area contributed by atoms with Gasteiger partial charge in [-0.3, -0.25) is 0 Å². The van der Waals surface area contributed by atoms with E-state index in [1.54, 1.807) is 12.1 Å². The first kappa shape index (κ1) is 14.5. The summed E-state index contributed by atoms with van der Waals surface area (Å²) in [6.45, 7) is 4.14. The minimum Gasteiger partial charge on any atom is -0.388 e. The Morgan fingerprint density at radius 3 is 2.47 bits per heavy atom. The predicted molar refractivity (Wildman–Crippen MR) is 75.5 cm³/mol. The van der Waals surface area contributed by atoms with Crippen LogP contribution < -0.4 is 0 Å². The number of nitrogens with zero attached hydrogens (tertiary/aromatic N) is 1. The monoisotopic (exact) mass is 265 g/mol. The number of hydrogen-bond donors (Lipinski definition) is 1. The van der Waals surface area contributed by atoms with Crippen LogP contribution in [0.1, 0.15) is 50.7 Å². The molecule has 2 nitrogen and oxygen atoms in total. The van der Waals surface area contributed by atoms with E-state index in [0.717, 1.165) is 25.1 Å². The lowest BCUT2D eigenvalue weighted by atomic mass is 10.1. The van der Waals surface area contributed by atoms with Gasteiger partial charge >= 0.3 is 0 Å². The average molecular weight is 265 g/mol. The molecule has 2 rings (SSSR count). The van der Waals surface area contributed by atoms with Gasteiger partial charge in [0.1, 0.15) is 5.82 Å². The molecule has 1 atom stereocenters. The Kier molecular flexibility index (Phi) is 5.34. The second-order valence-electron chi connectivity index (χ2n) is 5.42. The molecule has 0 saturated heterocycles. The zero-order valence-corrected chi connectivity index (χ0v) is 11.7. The largest absolute Gasteiger partial charge is 0.388 e. The number of aliphatic hydroxyl groups excluding tert-OH is 1. The standard InChI is InChI=1S/C16H24FNO/c1-2-18(15-5-3-4-6-15)12-11-16(19)13-7-9-14(17)10-8-13/h7-10,15-16,19H,2-6,11-12H2,1H3. The summed E-state index contributed by atoms with van der Waals surface area (Å²) < 4.78 is 12.8. The van der Waals surface area contributed by atoms with Gasteiger partial charge in [0.05, 0.1) is 6.10 Å². The number of rotatable bonds is 6. The molecule has 0 aromatic heterocycles. The summed E-state index contributed by atoms with van der Waals surface area (Å²) in [5.41, 5.74) is 0.809. The van der Waals surface area contributed by atoms with Gasteiger partial charge in [-0.15, -0.1) is 0 Å². The van der Waals surface area contributed by atoms with Crippen molar-refractivity contribution < 1.29 is 9.50 Å². The topological polar surface area (TPSA) is 23.5 Å². The fourth-order valence-corrected chi connectivity index (χ4v) is 3.01. The molecule has 106 valence electrons. The Morgan fingerprint density at radius 2 is 1.89 bits per heavy atom. The third-order valence-corrected chi connectivity index (χ3v) is 4.19. The second-order valence-corrected chi connectivity index (χ2v) is 5.42. The maximum absolute atomic E-state index is 12.8. The van der Waals surface area contributed by atoms with Crippen LogP contribution in [0.4, 0.5) is 4.39 Å². The number of halogens is 1. The first-order valence-corrected chi connectivity index (χ1v) is 7.38. The van der Waals surface area contributed by atoms with Gasteiger partial charge < -0.3 is 10.0 Å². The molecule has 0 heterocycles. The molecule has 1 saturated carbocycles. The lowest BCUT2D eigenvalue weighted by Crippen LogP contribution is -2.34. The van der Waals surface area contributed by atoms with Crippen LogP contribution in [0, 0.1) is 5.82 Å². The fourth-order valence-electron chi connectivity index (χ4n) is 3.01. The Balaban J connectivity index is 1.84. The van der Waals surface area contributed by atoms with Crippen LogP contribution in [-0.2, 0) is 0 Å². The lowest BCUT2D eigenvalue weighted by molar-refractivity contribution is 0.127. The second kappa shape index (κ2) is 7.01. The van der Waals surface area contributed by atoms with E-state index in [0.29, 0.717) is 6.04 Å². The summed E-state index contributed by atoms with van der Waals surface area (Å²) in [5.74, 6) is -0.253. The van der Waals surface area contributed by atoms with Crippen molar-refractivity contribution in [3.05, 3.63) is 35.6 Å². The Labute approximate surface area is 115 Å². The molecule has 0 amide bonds. The molecule has 1 fully saturated rings. The molecule has 1 unspecified atom stereocenters. The van der Waals surface area contributed by atoms with Crippen molar-refractivity contribution in [3.63, 3.8) is 0 Å². The molecule has 1 aromatic rings. The molecule has 0 aliphatic heterocycles. The van der Waals surface area contributed by atoms with Crippen molar-refractivity contribution in [2.75, 3.05) is 13.1 Å². The van der Waals surface area contributed by atoms with Gasteiger partial charge in [0.15, 0.2) is 0 Å². The molecular formula is C16H24FNO. The van der Waals surface area contributed by atoms with Gasteiger partial charge in [-0.1, -0.05) is 31.9 Å². The van der Waals surface area contributed by atoms with E-state index in [9.17, 15) is 9.50 Å². The molecule has 3 heteroatoms. The maximum Gasteiger partial charge on any atom is 0.123 e. The van der Waals surface area contributed by atoms with E-state index in [-0.39, 0.29) is 5.82 Å². The molecule has 0 bridgehead atoms. The lowest BCUT2D eigenvalue weighted by Gasteiger charge is -2.28. The minimum atomic E-state index is -0.490. The molecule has 0 radical (unpaired) electrons. The van der Waals surface area contributed by atoms with Gasteiger partial charge in [0, 0.05) is 12.6 Å².